The largest absolute Gasteiger partial charge is 0.364 e. The van der Waals surface area contributed by atoms with Crippen LogP contribution in [0.4, 0.5) is 0 Å². The molecule has 1 amide bonds. The van der Waals surface area contributed by atoms with Crippen LogP contribution >= 0.6 is 0 Å². The molecular formula is C13H26N2O2. The highest BCUT2D eigenvalue weighted by atomic mass is 16.5. The maximum atomic E-state index is 11.7. The average Bonchev–Trinajstić information content (AvgIpc) is 2.70. The van der Waals surface area contributed by atoms with Crippen molar-refractivity contribution in [3.8, 4) is 0 Å². The first kappa shape index (κ1) is 14.5. The first-order chi connectivity index (χ1) is 8.15. The fourth-order valence-electron chi connectivity index (χ4n) is 2.18. The van der Waals surface area contributed by atoms with Gasteiger partial charge in [-0.2, -0.15) is 0 Å². The van der Waals surface area contributed by atoms with Gasteiger partial charge < -0.3 is 15.8 Å². The van der Waals surface area contributed by atoms with Crippen LogP contribution < -0.4 is 11.1 Å². The second-order valence-electron chi connectivity index (χ2n) is 4.91. The van der Waals surface area contributed by atoms with Crippen LogP contribution in [0.3, 0.4) is 0 Å². The summed E-state index contributed by atoms with van der Waals surface area (Å²) in [6, 6.07) is 0.102. The molecule has 0 aromatic rings. The number of amides is 1. The van der Waals surface area contributed by atoms with E-state index < -0.39 is 0 Å². The zero-order valence-corrected chi connectivity index (χ0v) is 11.1. The van der Waals surface area contributed by atoms with Gasteiger partial charge in [0.25, 0.3) is 0 Å². The molecule has 3 atom stereocenters. The van der Waals surface area contributed by atoms with Gasteiger partial charge in [0, 0.05) is 12.6 Å². The van der Waals surface area contributed by atoms with Crippen LogP contribution in [-0.4, -0.2) is 30.7 Å². The lowest BCUT2D eigenvalue weighted by Gasteiger charge is -2.21. The van der Waals surface area contributed by atoms with Gasteiger partial charge in [-0.3, -0.25) is 4.79 Å². The summed E-state index contributed by atoms with van der Waals surface area (Å²) in [6.45, 7) is 4.70. The van der Waals surface area contributed by atoms with Crippen molar-refractivity contribution in [1.82, 2.24) is 5.32 Å². The lowest BCUT2D eigenvalue weighted by molar-refractivity contribution is -0.135. The quantitative estimate of drug-likeness (QED) is 0.666. The number of rotatable bonds is 7. The van der Waals surface area contributed by atoms with E-state index in [1.165, 1.54) is 6.42 Å². The molecule has 0 aromatic heterocycles. The molecule has 0 radical (unpaired) electrons. The molecule has 1 saturated carbocycles. The SMILES string of the molecule is CCCCCNC(=O)C(C)OC1CCCC1N. The summed E-state index contributed by atoms with van der Waals surface area (Å²) in [5.41, 5.74) is 5.91. The number of hydrogen-bond acceptors (Lipinski definition) is 3. The Labute approximate surface area is 104 Å². The third kappa shape index (κ3) is 5.04. The minimum atomic E-state index is -0.384. The van der Waals surface area contributed by atoms with Crippen molar-refractivity contribution in [2.45, 2.75) is 70.6 Å². The minimum absolute atomic E-state index is 0.0137. The van der Waals surface area contributed by atoms with Crippen LogP contribution in [0, 0.1) is 0 Å². The number of nitrogens with one attached hydrogen (secondary N) is 1. The summed E-state index contributed by atoms with van der Waals surface area (Å²) in [4.78, 5) is 11.7. The molecule has 0 aromatic carbocycles. The highest BCUT2D eigenvalue weighted by Crippen LogP contribution is 2.21. The Balaban J connectivity index is 2.17. The second kappa shape index (κ2) is 7.67. The van der Waals surface area contributed by atoms with Crippen molar-refractivity contribution in [1.29, 1.82) is 0 Å². The molecule has 0 aliphatic heterocycles. The molecule has 100 valence electrons. The number of unbranched alkanes of at least 4 members (excludes halogenated alkanes) is 2. The van der Waals surface area contributed by atoms with Gasteiger partial charge in [-0.05, 0) is 32.6 Å². The van der Waals surface area contributed by atoms with Crippen molar-refractivity contribution < 1.29 is 9.53 Å². The number of carbonyl (C=O) groups excluding carboxylic acids is 1. The highest BCUT2D eigenvalue weighted by molar-refractivity contribution is 5.80. The first-order valence-electron chi connectivity index (χ1n) is 6.84. The van der Waals surface area contributed by atoms with Gasteiger partial charge in [-0.25, -0.2) is 0 Å². The van der Waals surface area contributed by atoms with Gasteiger partial charge in [0.05, 0.1) is 6.10 Å². The number of ether oxygens (including phenoxy) is 1. The van der Waals surface area contributed by atoms with Crippen molar-refractivity contribution >= 4 is 5.91 Å². The molecular weight excluding hydrogens is 216 g/mol. The maximum absolute atomic E-state index is 11.7. The molecule has 1 fully saturated rings. The van der Waals surface area contributed by atoms with Crippen LogP contribution in [-0.2, 0) is 9.53 Å². The van der Waals surface area contributed by atoms with Crippen LogP contribution in [0.1, 0.15) is 52.4 Å². The molecule has 4 heteroatoms. The Kier molecular flexibility index (Phi) is 6.52. The predicted molar refractivity (Wildman–Crippen MR) is 68.7 cm³/mol. The van der Waals surface area contributed by atoms with E-state index in [2.05, 4.69) is 12.2 Å². The monoisotopic (exact) mass is 242 g/mol. The Morgan fingerprint density at radius 2 is 2.24 bits per heavy atom. The maximum Gasteiger partial charge on any atom is 0.248 e. The Morgan fingerprint density at radius 1 is 1.47 bits per heavy atom. The van der Waals surface area contributed by atoms with Gasteiger partial charge in [0.2, 0.25) is 5.91 Å². The Morgan fingerprint density at radius 3 is 2.82 bits per heavy atom. The van der Waals surface area contributed by atoms with Crippen LogP contribution in [0.25, 0.3) is 0 Å². The zero-order valence-electron chi connectivity index (χ0n) is 11.1. The van der Waals surface area contributed by atoms with E-state index in [-0.39, 0.29) is 24.2 Å². The molecule has 4 nitrogen and oxygen atoms in total. The third-order valence-electron chi connectivity index (χ3n) is 3.33. The number of carbonyl (C=O) groups is 1. The smallest absolute Gasteiger partial charge is 0.248 e. The molecule has 17 heavy (non-hydrogen) atoms. The van der Waals surface area contributed by atoms with Crippen LogP contribution in [0.5, 0.6) is 0 Å². The lowest BCUT2D eigenvalue weighted by Crippen LogP contribution is -2.41. The van der Waals surface area contributed by atoms with E-state index >= 15 is 0 Å². The van der Waals surface area contributed by atoms with E-state index in [9.17, 15) is 4.79 Å². The van der Waals surface area contributed by atoms with Gasteiger partial charge in [-0.15, -0.1) is 0 Å². The van der Waals surface area contributed by atoms with Gasteiger partial charge in [0.1, 0.15) is 6.10 Å². The van der Waals surface area contributed by atoms with E-state index in [0.29, 0.717) is 0 Å². The van der Waals surface area contributed by atoms with Crippen molar-refractivity contribution in [2.75, 3.05) is 6.54 Å². The van der Waals surface area contributed by atoms with E-state index in [1.807, 2.05) is 0 Å². The highest BCUT2D eigenvalue weighted by Gasteiger charge is 2.28. The zero-order chi connectivity index (χ0) is 12.7. The molecule has 3 N–H and O–H groups in total. The third-order valence-corrected chi connectivity index (χ3v) is 3.33. The molecule has 0 bridgehead atoms. The van der Waals surface area contributed by atoms with Gasteiger partial charge in [-0.1, -0.05) is 19.8 Å². The summed E-state index contributed by atoms with van der Waals surface area (Å²) in [7, 11) is 0. The van der Waals surface area contributed by atoms with Crippen molar-refractivity contribution in [3.05, 3.63) is 0 Å². The fraction of sp³-hybridized carbons (Fsp3) is 0.923. The molecule has 0 spiro atoms. The predicted octanol–water partition coefficient (Wildman–Crippen LogP) is 1.58. The standard InChI is InChI=1S/C13H26N2O2/c1-3-4-5-9-15-13(16)10(2)17-12-8-6-7-11(12)14/h10-12H,3-9,14H2,1-2H3,(H,15,16). The summed E-state index contributed by atoms with van der Waals surface area (Å²) in [6.07, 6.45) is 6.14. The summed E-state index contributed by atoms with van der Waals surface area (Å²) in [5.74, 6) is -0.0137. The van der Waals surface area contributed by atoms with Gasteiger partial charge >= 0.3 is 0 Å². The van der Waals surface area contributed by atoms with E-state index in [0.717, 1.165) is 38.6 Å². The molecule has 0 saturated heterocycles. The fourth-order valence-corrected chi connectivity index (χ4v) is 2.18. The average molecular weight is 242 g/mol. The summed E-state index contributed by atoms with van der Waals surface area (Å²) in [5, 5.41) is 2.90. The Hall–Kier alpha value is -0.610. The molecule has 1 aliphatic rings. The summed E-state index contributed by atoms with van der Waals surface area (Å²) >= 11 is 0. The number of nitrogens with two attached hydrogens (primary N) is 1. The topological polar surface area (TPSA) is 64.3 Å². The molecule has 3 unspecified atom stereocenters. The molecule has 0 heterocycles. The van der Waals surface area contributed by atoms with Crippen molar-refractivity contribution in [2.24, 2.45) is 5.73 Å². The normalized spacial score (nSPS) is 25.8. The molecule has 1 rings (SSSR count). The minimum Gasteiger partial charge on any atom is -0.364 e. The van der Waals surface area contributed by atoms with Gasteiger partial charge in [0.15, 0.2) is 0 Å². The number of hydrogen-bond donors (Lipinski definition) is 2. The van der Waals surface area contributed by atoms with E-state index in [1.54, 1.807) is 6.92 Å². The first-order valence-corrected chi connectivity index (χ1v) is 6.84. The lowest BCUT2D eigenvalue weighted by atomic mass is 10.2. The van der Waals surface area contributed by atoms with Crippen molar-refractivity contribution in [3.63, 3.8) is 0 Å². The van der Waals surface area contributed by atoms with Crippen LogP contribution in [0.15, 0.2) is 0 Å². The second-order valence-corrected chi connectivity index (χ2v) is 4.91. The van der Waals surface area contributed by atoms with E-state index in [4.69, 9.17) is 10.5 Å². The molecule has 1 aliphatic carbocycles. The Bertz CT molecular complexity index is 233. The van der Waals surface area contributed by atoms with Crippen LogP contribution in [0.2, 0.25) is 0 Å². The summed E-state index contributed by atoms with van der Waals surface area (Å²) < 4.78 is 5.71.